The van der Waals surface area contributed by atoms with E-state index in [4.69, 9.17) is 16.3 Å². The van der Waals surface area contributed by atoms with Crippen LogP contribution in [0.25, 0.3) is 0 Å². The Hall–Kier alpha value is -3.59. The van der Waals surface area contributed by atoms with Crippen molar-refractivity contribution in [2.75, 3.05) is 17.7 Å². The van der Waals surface area contributed by atoms with Crippen molar-refractivity contribution in [2.45, 2.75) is 18.0 Å². The Morgan fingerprint density at radius 3 is 2.05 bits per heavy atom. The number of alkyl halides is 7. The summed E-state index contributed by atoms with van der Waals surface area (Å²) in [7, 11) is 1.16. The van der Waals surface area contributed by atoms with Gasteiger partial charge in [0.1, 0.15) is 0 Å². The lowest BCUT2D eigenvalue weighted by atomic mass is 9.94. The van der Waals surface area contributed by atoms with Crippen LogP contribution in [-0.4, -0.2) is 31.3 Å². The summed E-state index contributed by atoms with van der Waals surface area (Å²) in [5, 5.41) is 15.0. The Balaban J connectivity index is 1.95. The molecule has 0 bridgehead atoms. The molecule has 0 unspecified atom stereocenters. The fourth-order valence-electron chi connectivity index (χ4n) is 3.35. The zero-order chi connectivity index (χ0) is 29.3. The first kappa shape index (κ1) is 30.0. The lowest BCUT2D eigenvalue weighted by molar-refractivity contribution is -0.605. The van der Waals surface area contributed by atoms with Crippen LogP contribution in [0.4, 0.5) is 42.1 Å². The highest BCUT2D eigenvalue weighted by Crippen LogP contribution is 2.54. The van der Waals surface area contributed by atoms with Gasteiger partial charge >= 0.3 is 18.0 Å². The minimum atomic E-state index is -6.37. The summed E-state index contributed by atoms with van der Waals surface area (Å²) >= 11 is 8.59. The second kappa shape index (κ2) is 10.9. The Kier molecular flexibility index (Phi) is 8.36. The van der Waals surface area contributed by atoms with Gasteiger partial charge in [-0.25, -0.2) is 4.39 Å². The van der Waals surface area contributed by atoms with Gasteiger partial charge in [-0.3, -0.25) is 9.59 Å². The maximum Gasteiger partial charge on any atom is 0.435 e. The number of ether oxygens (including phenoxy) is 1. The van der Waals surface area contributed by atoms with Gasteiger partial charge in [0.05, 0.1) is 34.6 Å². The molecule has 0 saturated heterocycles. The second-order valence-corrected chi connectivity index (χ2v) is 8.97. The molecule has 3 rings (SSSR count). The van der Waals surface area contributed by atoms with E-state index in [1.54, 1.807) is 0 Å². The molecule has 208 valence electrons. The molecule has 1 aromatic heterocycles. The van der Waals surface area contributed by atoms with E-state index < -0.39 is 50.6 Å². The zero-order valence-corrected chi connectivity index (χ0v) is 21.5. The number of methoxy groups -OCH3 is 1. The first-order valence-electron chi connectivity index (χ1n) is 10.3. The predicted molar refractivity (Wildman–Crippen MR) is 128 cm³/mol. The fraction of sp³-hybridized carbons (Fsp3) is 0.174. The van der Waals surface area contributed by atoms with Crippen LogP contribution in [0, 0.1) is 5.21 Å². The first-order chi connectivity index (χ1) is 18.0. The number of aromatic nitrogens is 1. The van der Waals surface area contributed by atoms with Crippen LogP contribution in [0.1, 0.15) is 26.3 Å². The van der Waals surface area contributed by atoms with Crippen molar-refractivity contribution < 1.29 is 49.8 Å². The van der Waals surface area contributed by atoms with E-state index in [0.717, 1.165) is 19.5 Å². The minimum Gasteiger partial charge on any atom is -0.619 e. The van der Waals surface area contributed by atoms with Gasteiger partial charge < -0.3 is 20.6 Å². The summed E-state index contributed by atoms with van der Waals surface area (Å²) in [4.78, 5) is 25.5. The van der Waals surface area contributed by atoms with Crippen LogP contribution in [0.2, 0.25) is 5.02 Å². The van der Waals surface area contributed by atoms with Gasteiger partial charge in [0.2, 0.25) is 0 Å². The van der Waals surface area contributed by atoms with Crippen molar-refractivity contribution in [3.8, 4) is 5.75 Å². The molecule has 3 aromatic rings. The largest absolute Gasteiger partial charge is 0.619 e. The Morgan fingerprint density at radius 1 is 0.949 bits per heavy atom. The van der Waals surface area contributed by atoms with Crippen molar-refractivity contribution in [3.63, 3.8) is 0 Å². The number of benzene rings is 2. The Morgan fingerprint density at radius 2 is 1.54 bits per heavy atom. The summed E-state index contributed by atoms with van der Waals surface area (Å²) in [6, 6.07) is 6.72. The maximum atomic E-state index is 14.5. The summed E-state index contributed by atoms with van der Waals surface area (Å²) < 4.78 is 98.4. The summed E-state index contributed by atoms with van der Waals surface area (Å²) in [6.07, 6.45) is -10.6. The number of amides is 2. The van der Waals surface area contributed by atoms with Crippen molar-refractivity contribution in [1.82, 2.24) is 0 Å². The van der Waals surface area contributed by atoms with E-state index in [9.17, 15) is 45.5 Å². The number of carbonyl (C=O) groups excluding carboxylic acids is 2. The molecule has 0 radical (unpaired) electrons. The van der Waals surface area contributed by atoms with E-state index in [2.05, 4.69) is 26.6 Å². The summed E-state index contributed by atoms with van der Waals surface area (Å²) in [5.41, 5.74) is -8.19. The normalized spacial score (nSPS) is 12.2. The van der Waals surface area contributed by atoms with Crippen LogP contribution < -0.4 is 20.1 Å². The van der Waals surface area contributed by atoms with Crippen LogP contribution >= 0.6 is 27.5 Å². The molecule has 0 atom stereocenters. The van der Waals surface area contributed by atoms with Gasteiger partial charge in [-0.2, -0.15) is 31.1 Å². The highest BCUT2D eigenvalue weighted by atomic mass is 79.9. The lowest BCUT2D eigenvalue weighted by Crippen LogP contribution is -2.50. The number of anilines is 2. The molecule has 0 aliphatic carbocycles. The van der Waals surface area contributed by atoms with Crippen molar-refractivity contribution >= 4 is 50.7 Å². The first-order valence-corrected chi connectivity index (χ1v) is 11.5. The van der Waals surface area contributed by atoms with Gasteiger partial charge in [-0.15, -0.1) is 0 Å². The van der Waals surface area contributed by atoms with Crippen LogP contribution in [-0.2, 0) is 5.67 Å². The molecule has 2 N–H and O–H groups in total. The van der Waals surface area contributed by atoms with E-state index in [1.165, 1.54) is 30.3 Å². The molecule has 2 amide bonds. The SMILES string of the molecule is COc1c(NC(=O)c2cc[n+]([O-])cc2)cccc1C(=O)Nc1c(Cl)cc(C(F)(C(F)(F)F)C(F)(F)F)cc1Br. The van der Waals surface area contributed by atoms with E-state index in [-0.39, 0.29) is 34.7 Å². The van der Waals surface area contributed by atoms with Crippen LogP contribution in [0.5, 0.6) is 5.75 Å². The molecule has 16 heteroatoms. The molecular weight excluding hydrogens is 631 g/mol. The molecule has 0 fully saturated rings. The quantitative estimate of drug-likeness (QED) is 0.181. The highest BCUT2D eigenvalue weighted by molar-refractivity contribution is 9.10. The third-order valence-electron chi connectivity index (χ3n) is 5.24. The Labute approximate surface area is 228 Å². The summed E-state index contributed by atoms with van der Waals surface area (Å²) in [6.45, 7) is 0. The number of nitrogens with one attached hydrogen (secondary N) is 2. The molecule has 0 aliphatic heterocycles. The maximum absolute atomic E-state index is 14.5. The van der Waals surface area contributed by atoms with Gasteiger partial charge in [0.25, 0.3) is 11.8 Å². The second-order valence-electron chi connectivity index (χ2n) is 7.71. The van der Waals surface area contributed by atoms with E-state index in [0.29, 0.717) is 4.73 Å². The van der Waals surface area contributed by atoms with Gasteiger partial charge in [-0.05, 0) is 40.2 Å². The fourth-order valence-corrected chi connectivity index (χ4v) is 4.29. The number of carbonyl (C=O) groups is 2. The molecule has 7 nitrogen and oxygen atoms in total. The number of hydrogen-bond acceptors (Lipinski definition) is 4. The van der Waals surface area contributed by atoms with Gasteiger partial charge in [0, 0.05) is 22.2 Å². The standard InChI is InChI=1S/C23H14BrClF7N3O4/c1-39-18-13(3-2-4-16(18)33-19(36)11-5-7-35(38)8-6-11)20(37)34-17-14(24)9-12(10-15(17)25)21(26,22(27,28)29)23(30,31)32/h2-10H,1H3,(H,33,36)(H,34,37). The number of para-hydroxylation sites is 1. The monoisotopic (exact) mass is 643 g/mol. The number of halogens is 9. The lowest BCUT2D eigenvalue weighted by Gasteiger charge is -2.30. The van der Waals surface area contributed by atoms with Crippen LogP contribution in [0.3, 0.4) is 0 Å². The molecule has 2 aromatic carbocycles. The zero-order valence-electron chi connectivity index (χ0n) is 19.2. The number of hydrogen-bond donors (Lipinski definition) is 2. The minimum absolute atomic E-state index is 0.00656. The molecule has 39 heavy (non-hydrogen) atoms. The predicted octanol–water partition coefficient (Wildman–Crippen LogP) is 6.54. The average molecular weight is 645 g/mol. The smallest absolute Gasteiger partial charge is 0.435 e. The average Bonchev–Trinajstić information content (AvgIpc) is 2.84. The van der Waals surface area contributed by atoms with Crippen LogP contribution in [0.15, 0.2) is 59.3 Å². The molecule has 0 saturated carbocycles. The molecule has 1 heterocycles. The van der Waals surface area contributed by atoms with E-state index in [1.807, 2.05) is 0 Å². The number of rotatable bonds is 6. The third-order valence-corrected chi connectivity index (χ3v) is 6.16. The van der Waals surface area contributed by atoms with Crippen molar-refractivity contribution in [1.29, 1.82) is 0 Å². The van der Waals surface area contributed by atoms with Crippen molar-refractivity contribution in [2.24, 2.45) is 0 Å². The highest BCUT2D eigenvalue weighted by Gasteiger charge is 2.73. The Bertz CT molecular complexity index is 1380. The topological polar surface area (TPSA) is 94.4 Å². The number of nitrogens with zero attached hydrogens (tertiary/aromatic N) is 1. The van der Waals surface area contributed by atoms with E-state index >= 15 is 0 Å². The molecule has 0 spiro atoms. The van der Waals surface area contributed by atoms with Gasteiger partial charge in [0.15, 0.2) is 18.1 Å². The van der Waals surface area contributed by atoms with Crippen molar-refractivity contribution in [3.05, 3.63) is 86.3 Å². The number of pyridine rings is 1. The summed E-state index contributed by atoms with van der Waals surface area (Å²) in [5.74, 6) is -1.83. The van der Waals surface area contributed by atoms with Gasteiger partial charge in [-0.1, -0.05) is 17.7 Å². The molecule has 0 aliphatic rings. The molecular formula is C23H14BrClF7N3O4. The third kappa shape index (κ3) is 5.88.